The van der Waals surface area contributed by atoms with Crippen molar-refractivity contribution < 1.29 is 9.59 Å². The summed E-state index contributed by atoms with van der Waals surface area (Å²) in [7, 11) is 0. The zero-order valence-corrected chi connectivity index (χ0v) is 12.1. The van der Waals surface area contributed by atoms with E-state index in [1.54, 1.807) is 6.92 Å². The second kappa shape index (κ2) is 8.15. The van der Waals surface area contributed by atoms with Gasteiger partial charge in [0, 0.05) is 12.5 Å². The summed E-state index contributed by atoms with van der Waals surface area (Å²) in [5, 5.41) is 5.53. The van der Waals surface area contributed by atoms with Gasteiger partial charge in [-0.15, -0.1) is 0 Å². The molecular formula is C14H27N3O2. The lowest BCUT2D eigenvalue weighted by Gasteiger charge is -2.28. The molecule has 19 heavy (non-hydrogen) atoms. The Kier molecular flexibility index (Phi) is 6.84. The number of likely N-dealkylation sites (N-methyl/N-ethyl adjacent to an activating group) is 1. The Balaban J connectivity index is 2.42. The van der Waals surface area contributed by atoms with Crippen LogP contribution in [0, 0.1) is 11.8 Å². The molecule has 3 atom stereocenters. The molecule has 0 heterocycles. The van der Waals surface area contributed by atoms with E-state index in [-0.39, 0.29) is 17.7 Å². The summed E-state index contributed by atoms with van der Waals surface area (Å²) in [6.45, 7) is 4.86. The molecule has 2 amide bonds. The maximum Gasteiger partial charge on any atom is 0.242 e. The molecule has 1 aliphatic carbocycles. The molecule has 0 aliphatic heterocycles. The number of hydrogen-bond donors (Lipinski definition) is 3. The minimum Gasteiger partial charge on any atom is -0.355 e. The number of carbonyl (C=O) groups is 2. The lowest BCUT2D eigenvalue weighted by molar-refractivity contribution is -0.131. The van der Waals surface area contributed by atoms with Crippen LogP contribution < -0.4 is 16.4 Å². The molecule has 3 unspecified atom stereocenters. The van der Waals surface area contributed by atoms with E-state index in [4.69, 9.17) is 5.73 Å². The van der Waals surface area contributed by atoms with Crippen molar-refractivity contribution in [3.8, 4) is 0 Å². The van der Waals surface area contributed by atoms with Crippen LogP contribution >= 0.6 is 0 Å². The molecule has 0 spiro atoms. The molecule has 0 aromatic heterocycles. The molecule has 5 heteroatoms. The monoisotopic (exact) mass is 269 g/mol. The highest BCUT2D eigenvalue weighted by Gasteiger charge is 2.28. The maximum atomic E-state index is 12.1. The van der Waals surface area contributed by atoms with Crippen LogP contribution in [0.15, 0.2) is 0 Å². The Labute approximate surface area is 115 Å². The van der Waals surface area contributed by atoms with Gasteiger partial charge in [0.2, 0.25) is 11.8 Å². The van der Waals surface area contributed by atoms with Crippen LogP contribution in [0.3, 0.4) is 0 Å². The first-order valence-corrected chi connectivity index (χ1v) is 7.36. The van der Waals surface area contributed by atoms with Gasteiger partial charge >= 0.3 is 0 Å². The molecule has 1 aliphatic rings. The Morgan fingerprint density at radius 1 is 1.37 bits per heavy atom. The molecule has 0 aromatic rings. The number of hydrogen-bond acceptors (Lipinski definition) is 3. The summed E-state index contributed by atoms with van der Waals surface area (Å²) in [5.74, 6) is 0.502. The zero-order valence-electron chi connectivity index (χ0n) is 12.1. The summed E-state index contributed by atoms with van der Waals surface area (Å²) >= 11 is 0. The fourth-order valence-corrected chi connectivity index (χ4v) is 2.75. The summed E-state index contributed by atoms with van der Waals surface area (Å²) in [6.07, 6.45) is 5.08. The number of rotatable bonds is 6. The van der Waals surface area contributed by atoms with E-state index in [9.17, 15) is 9.59 Å². The van der Waals surface area contributed by atoms with Gasteiger partial charge in [0.25, 0.3) is 0 Å². The standard InChI is InChI=1S/C14H27N3O2/c1-3-16-13(18)10(2)17-14(19)12-6-4-5-11(9-12)7-8-15/h10-12H,3-9,15H2,1-2H3,(H,16,18)(H,17,19). The summed E-state index contributed by atoms with van der Waals surface area (Å²) < 4.78 is 0. The Hall–Kier alpha value is -1.10. The summed E-state index contributed by atoms with van der Waals surface area (Å²) in [5.41, 5.74) is 5.58. The first kappa shape index (κ1) is 16.0. The van der Waals surface area contributed by atoms with Crippen LogP contribution in [-0.2, 0) is 9.59 Å². The average molecular weight is 269 g/mol. The van der Waals surface area contributed by atoms with E-state index in [0.717, 1.165) is 25.7 Å². The van der Waals surface area contributed by atoms with Gasteiger partial charge in [-0.3, -0.25) is 9.59 Å². The van der Waals surface area contributed by atoms with Gasteiger partial charge in [-0.1, -0.05) is 12.8 Å². The normalized spacial score (nSPS) is 24.6. The summed E-state index contributed by atoms with van der Waals surface area (Å²) in [6, 6.07) is -0.456. The topological polar surface area (TPSA) is 84.2 Å². The Bertz CT molecular complexity index is 305. The third-order valence-corrected chi connectivity index (χ3v) is 3.83. The van der Waals surface area contributed by atoms with Gasteiger partial charge in [0.05, 0.1) is 0 Å². The average Bonchev–Trinajstić information content (AvgIpc) is 2.39. The molecule has 110 valence electrons. The second-order valence-electron chi connectivity index (χ2n) is 5.43. The predicted octanol–water partition coefficient (Wildman–Crippen LogP) is 0.782. The lowest BCUT2D eigenvalue weighted by atomic mass is 9.79. The Morgan fingerprint density at radius 3 is 2.74 bits per heavy atom. The largest absolute Gasteiger partial charge is 0.355 e. The Morgan fingerprint density at radius 2 is 2.11 bits per heavy atom. The van der Waals surface area contributed by atoms with Gasteiger partial charge in [-0.05, 0) is 45.6 Å². The SMILES string of the molecule is CCNC(=O)C(C)NC(=O)C1CCCC(CCN)C1. The fourth-order valence-electron chi connectivity index (χ4n) is 2.75. The second-order valence-corrected chi connectivity index (χ2v) is 5.43. The van der Waals surface area contributed by atoms with E-state index in [1.165, 1.54) is 6.42 Å². The van der Waals surface area contributed by atoms with Crippen LogP contribution in [0.5, 0.6) is 0 Å². The van der Waals surface area contributed by atoms with Crippen molar-refractivity contribution in [2.45, 2.75) is 52.0 Å². The van der Waals surface area contributed by atoms with Gasteiger partial charge < -0.3 is 16.4 Å². The van der Waals surface area contributed by atoms with Crippen molar-refractivity contribution in [3.63, 3.8) is 0 Å². The van der Waals surface area contributed by atoms with Crippen LogP contribution in [-0.4, -0.2) is 30.9 Å². The predicted molar refractivity (Wildman–Crippen MR) is 75.4 cm³/mol. The van der Waals surface area contributed by atoms with Crippen molar-refractivity contribution in [3.05, 3.63) is 0 Å². The van der Waals surface area contributed by atoms with E-state index in [2.05, 4.69) is 10.6 Å². The van der Waals surface area contributed by atoms with E-state index >= 15 is 0 Å². The van der Waals surface area contributed by atoms with Gasteiger partial charge in [-0.25, -0.2) is 0 Å². The molecule has 0 radical (unpaired) electrons. The van der Waals surface area contributed by atoms with Crippen molar-refractivity contribution in [2.24, 2.45) is 17.6 Å². The fraction of sp³-hybridized carbons (Fsp3) is 0.857. The molecule has 0 bridgehead atoms. The van der Waals surface area contributed by atoms with Gasteiger partial charge in [0.15, 0.2) is 0 Å². The van der Waals surface area contributed by atoms with Gasteiger partial charge in [-0.2, -0.15) is 0 Å². The number of nitrogens with two attached hydrogens (primary N) is 1. The van der Waals surface area contributed by atoms with Crippen molar-refractivity contribution in [1.82, 2.24) is 10.6 Å². The molecule has 1 rings (SSSR count). The molecule has 1 saturated carbocycles. The first-order chi connectivity index (χ1) is 9.08. The van der Waals surface area contributed by atoms with Crippen molar-refractivity contribution in [1.29, 1.82) is 0 Å². The highest BCUT2D eigenvalue weighted by molar-refractivity contribution is 5.88. The smallest absolute Gasteiger partial charge is 0.242 e. The number of nitrogens with one attached hydrogen (secondary N) is 2. The zero-order chi connectivity index (χ0) is 14.3. The van der Waals surface area contributed by atoms with Crippen LogP contribution in [0.25, 0.3) is 0 Å². The van der Waals surface area contributed by atoms with E-state index < -0.39 is 6.04 Å². The molecule has 5 nitrogen and oxygen atoms in total. The highest BCUT2D eigenvalue weighted by atomic mass is 16.2. The quantitative estimate of drug-likeness (QED) is 0.666. The third kappa shape index (κ3) is 5.19. The minimum atomic E-state index is -0.456. The van der Waals surface area contributed by atoms with Crippen LogP contribution in [0.2, 0.25) is 0 Å². The highest BCUT2D eigenvalue weighted by Crippen LogP contribution is 2.30. The third-order valence-electron chi connectivity index (χ3n) is 3.83. The minimum absolute atomic E-state index is 0.0143. The first-order valence-electron chi connectivity index (χ1n) is 7.36. The van der Waals surface area contributed by atoms with Crippen molar-refractivity contribution >= 4 is 11.8 Å². The molecule has 0 saturated heterocycles. The van der Waals surface area contributed by atoms with Gasteiger partial charge in [0.1, 0.15) is 6.04 Å². The van der Waals surface area contributed by atoms with E-state index in [0.29, 0.717) is 19.0 Å². The lowest BCUT2D eigenvalue weighted by Crippen LogP contribution is -2.47. The molecule has 1 fully saturated rings. The number of amides is 2. The van der Waals surface area contributed by atoms with Crippen molar-refractivity contribution in [2.75, 3.05) is 13.1 Å². The number of carbonyl (C=O) groups excluding carboxylic acids is 2. The molecule has 0 aromatic carbocycles. The van der Waals surface area contributed by atoms with Crippen LogP contribution in [0.1, 0.15) is 46.0 Å². The summed E-state index contributed by atoms with van der Waals surface area (Å²) in [4.78, 5) is 23.7. The van der Waals surface area contributed by atoms with E-state index in [1.807, 2.05) is 6.92 Å². The maximum absolute atomic E-state index is 12.1. The molecular weight excluding hydrogens is 242 g/mol. The molecule has 4 N–H and O–H groups in total. The van der Waals surface area contributed by atoms with Crippen LogP contribution in [0.4, 0.5) is 0 Å².